The molecule has 1 aliphatic heterocycles. The minimum atomic E-state index is -0.0967. The van der Waals surface area contributed by atoms with Crippen molar-refractivity contribution in [1.29, 1.82) is 0 Å². The van der Waals surface area contributed by atoms with Crippen LogP contribution in [0.15, 0.2) is 35.7 Å². The summed E-state index contributed by atoms with van der Waals surface area (Å²) in [5, 5.41) is 2.12. The summed E-state index contributed by atoms with van der Waals surface area (Å²) in [5.41, 5.74) is 3.55. The number of hydrogen-bond donors (Lipinski definition) is 0. The summed E-state index contributed by atoms with van der Waals surface area (Å²) in [6.45, 7) is 5.97. The summed E-state index contributed by atoms with van der Waals surface area (Å²) < 4.78 is 5.25. The molecule has 1 unspecified atom stereocenters. The topological polar surface area (TPSA) is 49.9 Å². The SMILES string of the molecule is CCCCCCCCCC(=O)N(CCOC)CC(=O)N1CCc2sccc2C1c1ccc(C)cc1. The van der Waals surface area contributed by atoms with Gasteiger partial charge in [0.1, 0.15) is 0 Å². The van der Waals surface area contributed by atoms with Crippen LogP contribution in [0.1, 0.15) is 85.9 Å². The number of rotatable bonds is 14. The molecule has 0 fully saturated rings. The van der Waals surface area contributed by atoms with Gasteiger partial charge < -0.3 is 14.5 Å². The normalized spacial score (nSPS) is 15.2. The van der Waals surface area contributed by atoms with Crippen molar-refractivity contribution in [3.8, 4) is 0 Å². The van der Waals surface area contributed by atoms with Gasteiger partial charge in [0.15, 0.2) is 0 Å². The number of carbonyl (C=O) groups is 2. The molecule has 0 bridgehead atoms. The highest BCUT2D eigenvalue weighted by Gasteiger charge is 2.33. The lowest BCUT2D eigenvalue weighted by Crippen LogP contribution is -2.47. The molecular weight excluding hydrogens is 456 g/mol. The van der Waals surface area contributed by atoms with E-state index in [1.807, 2.05) is 4.90 Å². The number of methoxy groups -OCH3 is 1. The molecule has 2 aromatic rings. The Hall–Kier alpha value is -2.18. The highest BCUT2D eigenvalue weighted by atomic mass is 32.1. The van der Waals surface area contributed by atoms with Gasteiger partial charge in [-0.05, 0) is 42.3 Å². The van der Waals surface area contributed by atoms with E-state index >= 15 is 0 Å². The maximum Gasteiger partial charge on any atom is 0.242 e. The molecule has 0 N–H and O–H groups in total. The largest absolute Gasteiger partial charge is 0.383 e. The van der Waals surface area contributed by atoms with Crippen LogP contribution in [-0.4, -0.2) is 55.0 Å². The van der Waals surface area contributed by atoms with Gasteiger partial charge in [-0.2, -0.15) is 0 Å². The van der Waals surface area contributed by atoms with Crippen molar-refractivity contribution in [1.82, 2.24) is 9.80 Å². The molecule has 0 saturated carbocycles. The Balaban J connectivity index is 1.65. The van der Waals surface area contributed by atoms with Crippen LogP contribution in [-0.2, 0) is 20.7 Å². The molecule has 0 aliphatic carbocycles. The van der Waals surface area contributed by atoms with Crippen molar-refractivity contribution in [3.05, 3.63) is 57.3 Å². The van der Waals surface area contributed by atoms with E-state index in [2.05, 4.69) is 49.6 Å². The first-order valence-electron chi connectivity index (χ1n) is 13.2. The average Bonchev–Trinajstić information content (AvgIpc) is 3.34. The fraction of sp³-hybridized carbons (Fsp3) is 0.586. The zero-order valence-electron chi connectivity index (χ0n) is 21.8. The monoisotopic (exact) mass is 498 g/mol. The van der Waals surface area contributed by atoms with Crippen molar-refractivity contribution in [2.45, 2.75) is 77.7 Å². The molecule has 1 atom stereocenters. The van der Waals surface area contributed by atoms with Gasteiger partial charge in [-0.1, -0.05) is 75.3 Å². The minimum absolute atomic E-state index is 0.0106. The molecule has 0 spiro atoms. The standard InChI is InChI=1S/C29H42N2O3S/c1-4-5-6-7-8-9-10-11-27(32)30(19-20-34-3)22-28(33)31-18-16-26-25(17-21-35-26)29(31)24-14-12-23(2)13-15-24/h12-15,17,21,29H,4-11,16,18-20,22H2,1-3H3. The number of amides is 2. The van der Waals surface area contributed by atoms with Gasteiger partial charge in [-0.15, -0.1) is 11.3 Å². The number of fused-ring (bicyclic) bond motifs is 1. The van der Waals surface area contributed by atoms with Crippen molar-refractivity contribution >= 4 is 23.2 Å². The molecule has 0 saturated heterocycles. The van der Waals surface area contributed by atoms with Crippen molar-refractivity contribution in [2.75, 3.05) is 33.4 Å². The zero-order valence-corrected chi connectivity index (χ0v) is 22.6. The predicted octanol–water partition coefficient (Wildman–Crippen LogP) is 6.15. The Morgan fingerprint density at radius 3 is 2.49 bits per heavy atom. The molecule has 5 nitrogen and oxygen atoms in total. The number of thiophene rings is 1. The van der Waals surface area contributed by atoms with E-state index in [4.69, 9.17) is 4.74 Å². The summed E-state index contributed by atoms with van der Waals surface area (Å²) >= 11 is 1.77. The Labute approximate surface area is 215 Å². The molecule has 6 heteroatoms. The third-order valence-corrected chi connectivity index (χ3v) is 7.91. The summed E-state index contributed by atoms with van der Waals surface area (Å²) in [7, 11) is 1.64. The van der Waals surface area contributed by atoms with E-state index in [1.54, 1.807) is 23.3 Å². The third-order valence-electron chi connectivity index (χ3n) is 6.92. The van der Waals surface area contributed by atoms with Crippen LogP contribution in [0.4, 0.5) is 0 Å². The van der Waals surface area contributed by atoms with Gasteiger partial charge >= 0.3 is 0 Å². The van der Waals surface area contributed by atoms with Gasteiger partial charge in [0, 0.05) is 31.5 Å². The Morgan fingerprint density at radius 2 is 1.77 bits per heavy atom. The number of aryl methyl sites for hydroxylation is 1. The lowest BCUT2D eigenvalue weighted by atomic mass is 9.92. The van der Waals surface area contributed by atoms with Gasteiger partial charge in [0.05, 0.1) is 19.2 Å². The fourth-order valence-corrected chi connectivity index (χ4v) is 5.74. The van der Waals surface area contributed by atoms with Gasteiger partial charge in [-0.25, -0.2) is 0 Å². The van der Waals surface area contributed by atoms with Gasteiger partial charge in [-0.3, -0.25) is 9.59 Å². The Kier molecular flexibility index (Phi) is 11.3. The lowest BCUT2D eigenvalue weighted by molar-refractivity contribution is -0.142. The number of benzene rings is 1. The fourth-order valence-electron chi connectivity index (χ4n) is 4.83. The molecule has 1 aliphatic rings. The molecule has 2 amide bonds. The number of hydrogen-bond acceptors (Lipinski definition) is 4. The number of unbranched alkanes of at least 4 members (excludes halogenated alkanes) is 6. The second kappa shape index (κ2) is 14.4. The van der Waals surface area contributed by atoms with Crippen LogP contribution >= 0.6 is 11.3 Å². The molecule has 3 rings (SSSR count). The minimum Gasteiger partial charge on any atom is -0.383 e. The second-order valence-electron chi connectivity index (χ2n) is 9.63. The first kappa shape index (κ1) is 27.4. The highest BCUT2D eigenvalue weighted by molar-refractivity contribution is 7.10. The van der Waals surface area contributed by atoms with Crippen LogP contribution < -0.4 is 0 Å². The maximum absolute atomic E-state index is 13.6. The van der Waals surface area contributed by atoms with Crippen molar-refractivity contribution in [2.24, 2.45) is 0 Å². The maximum atomic E-state index is 13.6. The molecule has 0 radical (unpaired) electrons. The molecule has 2 heterocycles. The van der Waals surface area contributed by atoms with Crippen molar-refractivity contribution in [3.63, 3.8) is 0 Å². The van der Waals surface area contributed by atoms with Crippen LogP contribution in [0, 0.1) is 6.92 Å². The van der Waals surface area contributed by atoms with Crippen LogP contribution in [0.2, 0.25) is 0 Å². The quantitative estimate of drug-likeness (QED) is 0.294. The number of ether oxygens (including phenoxy) is 1. The molecule has 35 heavy (non-hydrogen) atoms. The average molecular weight is 499 g/mol. The smallest absolute Gasteiger partial charge is 0.242 e. The molecular formula is C29H42N2O3S. The summed E-state index contributed by atoms with van der Waals surface area (Å²) in [6, 6.07) is 10.5. The van der Waals surface area contributed by atoms with Crippen LogP contribution in [0.25, 0.3) is 0 Å². The van der Waals surface area contributed by atoms with E-state index in [9.17, 15) is 9.59 Å². The molecule has 192 valence electrons. The van der Waals surface area contributed by atoms with E-state index in [1.165, 1.54) is 48.1 Å². The van der Waals surface area contributed by atoms with E-state index in [0.717, 1.165) is 24.8 Å². The molecule has 1 aromatic heterocycles. The Morgan fingerprint density at radius 1 is 1.06 bits per heavy atom. The third kappa shape index (κ3) is 7.91. The first-order chi connectivity index (χ1) is 17.0. The summed E-state index contributed by atoms with van der Waals surface area (Å²) in [4.78, 5) is 31.7. The van der Waals surface area contributed by atoms with Crippen molar-refractivity contribution < 1.29 is 14.3 Å². The van der Waals surface area contributed by atoms with Crippen LogP contribution in [0.5, 0.6) is 0 Å². The van der Waals surface area contributed by atoms with Crippen LogP contribution in [0.3, 0.4) is 0 Å². The first-order valence-corrected chi connectivity index (χ1v) is 14.1. The second-order valence-corrected chi connectivity index (χ2v) is 10.6. The van der Waals surface area contributed by atoms with Gasteiger partial charge in [0.25, 0.3) is 0 Å². The number of carbonyl (C=O) groups excluding carboxylic acids is 2. The zero-order chi connectivity index (χ0) is 25.0. The number of nitrogens with zero attached hydrogens (tertiary/aromatic N) is 2. The molecule has 1 aromatic carbocycles. The Bertz CT molecular complexity index is 924. The summed E-state index contributed by atoms with van der Waals surface area (Å²) in [5.74, 6) is 0.0699. The summed E-state index contributed by atoms with van der Waals surface area (Å²) in [6.07, 6.45) is 9.57. The lowest BCUT2D eigenvalue weighted by Gasteiger charge is -2.37. The predicted molar refractivity (Wildman–Crippen MR) is 144 cm³/mol. The van der Waals surface area contributed by atoms with E-state index < -0.39 is 0 Å². The highest BCUT2D eigenvalue weighted by Crippen LogP contribution is 2.38. The van der Waals surface area contributed by atoms with E-state index in [-0.39, 0.29) is 24.4 Å². The van der Waals surface area contributed by atoms with Gasteiger partial charge in [0.2, 0.25) is 11.8 Å². The van der Waals surface area contributed by atoms with E-state index in [0.29, 0.717) is 26.1 Å².